The van der Waals surface area contributed by atoms with Gasteiger partial charge in [-0.15, -0.1) is 0 Å². The molecule has 0 radical (unpaired) electrons. The number of aryl methyl sites for hydroxylation is 2. The Morgan fingerprint density at radius 1 is 1.12 bits per heavy atom. The zero-order chi connectivity index (χ0) is 29.6. The molecule has 2 saturated heterocycles. The van der Waals surface area contributed by atoms with Crippen molar-refractivity contribution in [1.29, 1.82) is 0 Å². The number of hydrogen-bond donors (Lipinski definition) is 2. The van der Waals surface area contributed by atoms with Gasteiger partial charge in [0.15, 0.2) is 0 Å². The van der Waals surface area contributed by atoms with E-state index in [1.807, 2.05) is 19.9 Å². The number of nitrogen functional groups attached to an aromatic ring is 1. The standard InChI is InChI=1S/C27H28F3N5O5S/c1-16-3-4-19(12-20(16)21-13-33-23(31)22(34-21)18-5-10-32-17(2)11-18)41(37,38)35-25-6-8-26(9-7-25,40-14-25)15-39-24(36)27(28,29)30/h3-5,10-13,35H,6-9,14-15H2,1-2H3,(H2,31,33). The SMILES string of the molecule is Cc1cc(-c2nc(-c3cc(S(=O)(=O)NC45CCC(COC(=O)C(F)(F)F)(CC4)OC5)ccc3C)cnc2N)ccn1. The lowest BCUT2D eigenvalue weighted by Crippen LogP contribution is -2.64. The molecule has 0 atom stereocenters. The van der Waals surface area contributed by atoms with Gasteiger partial charge in [0.1, 0.15) is 23.7 Å². The summed E-state index contributed by atoms with van der Waals surface area (Å²) in [5.74, 6) is -2.05. The number of pyridine rings is 1. The number of hydrogen-bond acceptors (Lipinski definition) is 9. The van der Waals surface area contributed by atoms with E-state index >= 15 is 0 Å². The van der Waals surface area contributed by atoms with Crippen molar-refractivity contribution in [2.75, 3.05) is 18.9 Å². The van der Waals surface area contributed by atoms with Gasteiger partial charge in [-0.25, -0.2) is 27.9 Å². The van der Waals surface area contributed by atoms with Crippen LogP contribution in [0.25, 0.3) is 22.5 Å². The second kappa shape index (κ2) is 10.3. The Balaban J connectivity index is 1.35. The molecule has 1 saturated carbocycles. The van der Waals surface area contributed by atoms with Gasteiger partial charge in [0.2, 0.25) is 10.0 Å². The van der Waals surface area contributed by atoms with E-state index in [4.69, 9.17) is 10.5 Å². The molecule has 218 valence electrons. The number of aromatic nitrogens is 3. The summed E-state index contributed by atoms with van der Waals surface area (Å²) in [6, 6.07) is 8.27. The summed E-state index contributed by atoms with van der Waals surface area (Å²) in [6.45, 7) is 3.06. The van der Waals surface area contributed by atoms with Gasteiger partial charge in [0, 0.05) is 23.0 Å². The van der Waals surface area contributed by atoms with Crippen LogP contribution >= 0.6 is 0 Å². The third-order valence-electron chi connectivity index (χ3n) is 7.59. The molecular weight excluding hydrogens is 563 g/mol. The van der Waals surface area contributed by atoms with Crippen molar-refractivity contribution in [3.63, 3.8) is 0 Å². The normalized spacial score (nSPS) is 22.5. The van der Waals surface area contributed by atoms with Crippen molar-refractivity contribution in [2.45, 2.75) is 61.7 Å². The molecule has 14 heteroatoms. The number of esters is 1. The van der Waals surface area contributed by atoms with E-state index < -0.39 is 39.9 Å². The minimum atomic E-state index is -5.09. The molecule has 6 rings (SSSR count). The summed E-state index contributed by atoms with van der Waals surface area (Å²) in [5, 5.41) is 0. The van der Waals surface area contributed by atoms with Gasteiger partial charge >= 0.3 is 12.1 Å². The fourth-order valence-electron chi connectivity index (χ4n) is 5.18. The van der Waals surface area contributed by atoms with Crippen LogP contribution in [-0.4, -0.2) is 59.9 Å². The van der Waals surface area contributed by atoms with Crippen LogP contribution in [-0.2, 0) is 24.3 Å². The second-order valence-corrected chi connectivity index (χ2v) is 12.3. The van der Waals surface area contributed by atoms with Gasteiger partial charge in [-0.2, -0.15) is 13.2 Å². The van der Waals surface area contributed by atoms with Gasteiger partial charge in [0.05, 0.1) is 28.9 Å². The van der Waals surface area contributed by atoms with E-state index in [0.29, 0.717) is 29.8 Å². The molecule has 2 bridgehead atoms. The Hall–Kier alpha value is -3.62. The molecule has 1 aromatic carbocycles. The summed E-state index contributed by atoms with van der Waals surface area (Å²) < 4.78 is 77.7. The fraction of sp³-hybridized carbons (Fsp3) is 0.407. The lowest BCUT2D eigenvalue weighted by molar-refractivity contribution is -0.219. The number of nitrogens with two attached hydrogens (primary N) is 1. The molecule has 4 heterocycles. The molecule has 3 aromatic rings. The molecule has 1 aliphatic carbocycles. The number of benzene rings is 1. The minimum absolute atomic E-state index is 0.00826. The fourth-order valence-corrected chi connectivity index (χ4v) is 6.65. The van der Waals surface area contributed by atoms with Crippen molar-refractivity contribution in [3.8, 4) is 22.5 Å². The number of alkyl halides is 3. The quantitative estimate of drug-likeness (QED) is 0.391. The number of nitrogens with zero attached hydrogens (tertiary/aromatic N) is 3. The summed E-state index contributed by atoms with van der Waals surface area (Å²) in [6.07, 6.45) is -0.875. The van der Waals surface area contributed by atoms with E-state index in [0.717, 1.165) is 16.8 Å². The lowest BCUT2D eigenvalue weighted by atomic mass is 9.72. The number of rotatable bonds is 7. The summed E-state index contributed by atoms with van der Waals surface area (Å²) in [5.41, 5.74) is 7.81. The van der Waals surface area contributed by atoms with Crippen molar-refractivity contribution < 1.29 is 35.9 Å². The molecular formula is C27H28F3N5O5S. The topological polar surface area (TPSA) is 146 Å². The summed E-state index contributed by atoms with van der Waals surface area (Å²) in [7, 11) is -4.04. The largest absolute Gasteiger partial charge is 0.490 e. The molecule has 0 amide bonds. The molecule has 3 aliphatic rings. The predicted octanol–water partition coefficient (Wildman–Crippen LogP) is 3.87. The van der Waals surface area contributed by atoms with Crippen LogP contribution in [0.15, 0.2) is 47.6 Å². The average Bonchev–Trinajstić information content (AvgIpc) is 2.92. The Morgan fingerprint density at radius 2 is 1.85 bits per heavy atom. The third kappa shape index (κ3) is 5.90. The highest BCUT2D eigenvalue weighted by atomic mass is 32.2. The lowest BCUT2D eigenvalue weighted by Gasteiger charge is -2.52. The first-order chi connectivity index (χ1) is 19.2. The maximum absolute atomic E-state index is 13.5. The highest BCUT2D eigenvalue weighted by molar-refractivity contribution is 7.89. The van der Waals surface area contributed by atoms with Crippen LogP contribution in [0.3, 0.4) is 0 Å². The monoisotopic (exact) mass is 591 g/mol. The van der Waals surface area contributed by atoms with Crippen LogP contribution in [0.4, 0.5) is 19.0 Å². The van der Waals surface area contributed by atoms with Crippen LogP contribution in [0, 0.1) is 13.8 Å². The zero-order valence-electron chi connectivity index (χ0n) is 22.3. The van der Waals surface area contributed by atoms with Crippen molar-refractivity contribution in [1.82, 2.24) is 19.7 Å². The Morgan fingerprint density at radius 3 is 2.49 bits per heavy atom. The van der Waals surface area contributed by atoms with E-state index in [9.17, 15) is 26.4 Å². The number of carbonyl (C=O) groups is 1. The molecule has 0 unspecified atom stereocenters. The number of halogens is 3. The Labute approximate surface area is 234 Å². The zero-order valence-corrected chi connectivity index (χ0v) is 23.1. The first-order valence-corrected chi connectivity index (χ1v) is 14.3. The summed E-state index contributed by atoms with van der Waals surface area (Å²) in [4.78, 5) is 24.3. The van der Waals surface area contributed by atoms with Crippen LogP contribution in [0.1, 0.15) is 36.9 Å². The number of nitrogens with one attached hydrogen (secondary N) is 1. The van der Waals surface area contributed by atoms with Gasteiger partial charge in [-0.3, -0.25) is 4.98 Å². The Kier molecular flexibility index (Phi) is 7.28. The first kappa shape index (κ1) is 28.9. The van der Waals surface area contributed by atoms with Crippen molar-refractivity contribution >= 4 is 21.8 Å². The second-order valence-electron chi connectivity index (χ2n) is 10.6. The molecule has 0 spiro atoms. The number of sulfonamides is 1. The summed E-state index contributed by atoms with van der Waals surface area (Å²) >= 11 is 0. The van der Waals surface area contributed by atoms with Gasteiger partial charge in [-0.05, 0) is 69.4 Å². The number of ether oxygens (including phenoxy) is 2. The number of fused-ring (bicyclic) bond motifs is 3. The average molecular weight is 592 g/mol. The molecule has 10 nitrogen and oxygen atoms in total. The Bertz CT molecular complexity index is 1590. The maximum atomic E-state index is 13.5. The van der Waals surface area contributed by atoms with Crippen molar-refractivity contribution in [3.05, 3.63) is 54.0 Å². The highest BCUT2D eigenvalue weighted by Gasteiger charge is 2.53. The maximum Gasteiger partial charge on any atom is 0.490 e. The van der Waals surface area contributed by atoms with Gasteiger partial charge in [0.25, 0.3) is 0 Å². The van der Waals surface area contributed by atoms with Crippen LogP contribution < -0.4 is 10.5 Å². The minimum Gasteiger partial charge on any atom is -0.456 e. The van der Waals surface area contributed by atoms with E-state index in [1.165, 1.54) is 18.3 Å². The highest BCUT2D eigenvalue weighted by Crippen LogP contribution is 2.45. The molecule has 41 heavy (non-hydrogen) atoms. The van der Waals surface area contributed by atoms with Gasteiger partial charge < -0.3 is 15.2 Å². The van der Waals surface area contributed by atoms with Crippen LogP contribution in [0.2, 0.25) is 0 Å². The third-order valence-corrected chi connectivity index (χ3v) is 9.16. The number of anilines is 1. The molecule has 3 fully saturated rings. The van der Waals surface area contributed by atoms with E-state index in [-0.39, 0.29) is 30.2 Å². The van der Waals surface area contributed by atoms with Crippen molar-refractivity contribution in [2.24, 2.45) is 0 Å². The van der Waals surface area contributed by atoms with Gasteiger partial charge in [-0.1, -0.05) is 6.07 Å². The molecule has 2 aromatic heterocycles. The smallest absolute Gasteiger partial charge is 0.456 e. The first-order valence-electron chi connectivity index (χ1n) is 12.8. The molecule has 3 N–H and O–H groups in total. The van der Waals surface area contributed by atoms with E-state index in [2.05, 4.69) is 24.4 Å². The number of carbonyl (C=O) groups excluding carboxylic acids is 1. The van der Waals surface area contributed by atoms with Crippen LogP contribution in [0.5, 0.6) is 0 Å². The molecule has 2 aliphatic heterocycles. The van der Waals surface area contributed by atoms with E-state index in [1.54, 1.807) is 18.3 Å². The predicted molar refractivity (Wildman–Crippen MR) is 142 cm³/mol.